The van der Waals surface area contributed by atoms with Gasteiger partial charge in [0.1, 0.15) is 17.7 Å². The van der Waals surface area contributed by atoms with E-state index < -0.39 is 45.7 Å². The summed E-state index contributed by atoms with van der Waals surface area (Å²) < 4.78 is 96.0. The largest absolute Gasteiger partial charge is 0.484 e. The number of halogens is 4. The molecule has 0 radical (unpaired) electrons. The molecular formula is C24H22F4N4O7S. The summed E-state index contributed by atoms with van der Waals surface area (Å²) in [6.45, 7) is 0.850. The Labute approximate surface area is 225 Å². The van der Waals surface area contributed by atoms with Gasteiger partial charge in [-0.15, -0.1) is 0 Å². The second-order valence-corrected chi connectivity index (χ2v) is 10.9. The third-order valence-electron chi connectivity index (χ3n) is 5.72. The molecular weight excluding hydrogens is 564 g/mol. The van der Waals surface area contributed by atoms with E-state index >= 15 is 0 Å². The van der Waals surface area contributed by atoms with Crippen molar-refractivity contribution in [3.63, 3.8) is 0 Å². The molecule has 0 saturated heterocycles. The Balaban J connectivity index is 1.62. The summed E-state index contributed by atoms with van der Waals surface area (Å²) in [7, 11) is -4.35. The molecule has 2 heterocycles. The summed E-state index contributed by atoms with van der Waals surface area (Å²) in [4.78, 5) is 24.2. The highest BCUT2D eigenvalue weighted by Crippen LogP contribution is 2.39. The van der Waals surface area contributed by atoms with Crippen molar-refractivity contribution in [3.8, 4) is 5.75 Å². The monoisotopic (exact) mass is 586 g/mol. The van der Waals surface area contributed by atoms with Gasteiger partial charge in [0, 0.05) is 11.8 Å². The van der Waals surface area contributed by atoms with E-state index in [4.69, 9.17) is 9.26 Å². The molecule has 1 aliphatic heterocycles. The fraction of sp³-hybridized carbons (Fsp3) is 0.292. The predicted molar refractivity (Wildman–Crippen MR) is 131 cm³/mol. The first-order chi connectivity index (χ1) is 18.7. The van der Waals surface area contributed by atoms with Gasteiger partial charge in [0.2, 0.25) is 11.4 Å². The first kappa shape index (κ1) is 28.7. The number of nitrogens with one attached hydrogen (secondary N) is 2. The van der Waals surface area contributed by atoms with E-state index in [-0.39, 0.29) is 40.9 Å². The minimum Gasteiger partial charge on any atom is -0.484 e. The second kappa shape index (κ2) is 10.7. The maximum absolute atomic E-state index is 13.6. The maximum Gasteiger partial charge on any atom is 0.427 e. The molecule has 2 aromatic carbocycles. The molecule has 0 spiro atoms. The van der Waals surface area contributed by atoms with Crippen LogP contribution in [0.2, 0.25) is 0 Å². The molecule has 0 saturated carbocycles. The molecule has 2 amide bonds. The van der Waals surface area contributed by atoms with Gasteiger partial charge in [-0.3, -0.25) is 14.4 Å². The van der Waals surface area contributed by atoms with Gasteiger partial charge in [0.25, 0.3) is 15.9 Å². The number of fused-ring (bicyclic) bond motifs is 1. The van der Waals surface area contributed by atoms with Crippen LogP contribution in [0.5, 0.6) is 5.75 Å². The molecule has 3 aromatic rings. The van der Waals surface area contributed by atoms with E-state index in [0.717, 1.165) is 28.6 Å². The zero-order valence-corrected chi connectivity index (χ0v) is 21.7. The summed E-state index contributed by atoms with van der Waals surface area (Å²) in [6.07, 6.45) is -5.91. The molecule has 1 aromatic heterocycles. The maximum atomic E-state index is 13.6. The van der Waals surface area contributed by atoms with Crippen LogP contribution in [0.4, 0.5) is 33.7 Å². The molecule has 16 heteroatoms. The second-order valence-electron chi connectivity index (χ2n) is 9.02. The van der Waals surface area contributed by atoms with E-state index in [2.05, 4.69) is 20.5 Å². The Morgan fingerprint density at radius 2 is 1.82 bits per heavy atom. The van der Waals surface area contributed by atoms with Crippen LogP contribution in [0.3, 0.4) is 0 Å². The third-order valence-corrected chi connectivity index (χ3v) is 7.52. The highest BCUT2D eigenvalue weighted by atomic mass is 32.2. The number of hydrogen-bond donors (Lipinski definition) is 2. The van der Waals surface area contributed by atoms with Crippen molar-refractivity contribution in [2.75, 3.05) is 22.7 Å². The average Bonchev–Trinajstić information content (AvgIpc) is 3.41. The quantitative estimate of drug-likeness (QED) is 0.395. The summed E-state index contributed by atoms with van der Waals surface area (Å²) in [5.74, 6) is -1.35. The number of sulfonamides is 1. The normalized spacial score (nSPS) is 15.6. The lowest BCUT2D eigenvalue weighted by Gasteiger charge is -2.35. The molecule has 1 atom stereocenters. The number of anilines is 2. The van der Waals surface area contributed by atoms with E-state index in [1.54, 1.807) is 0 Å². The van der Waals surface area contributed by atoms with E-state index in [1.807, 2.05) is 0 Å². The summed E-state index contributed by atoms with van der Waals surface area (Å²) >= 11 is 0. The Morgan fingerprint density at radius 1 is 1.12 bits per heavy atom. The molecule has 2 N–H and O–H groups in total. The number of carbonyl (C=O) groups is 2. The van der Waals surface area contributed by atoms with Gasteiger partial charge in [-0.25, -0.2) is 17.6 Å². The number of carbonyl (C=O) groups excluding carboxylic acids is 2. The van der Waals surface area contributed by atoms with Gasteiger partial charge in [-0.05, 0) is 56.3 Å². The van der Waals surface area contributed by atoms with Crippen LogP contribution in [-0.4, -0.2) is 56.5 Å². The first-order valence-corrected chi connectivity index (χ1v) is 13.0. The molecule has 40 heavy (non-hydrogen) atoms. The number of aromatic nitrogens is 1. The van der Waals surface area contributed by atoms with Gasteiger partial charge < -0.3 is 19.3 Å². The summed E-state index contributed by atoms with van der Waals surface area (Å²) in [5, 5.41) is 8.12. The number of benzene rings is 2. The highest BCUT2D eigenvalue weighted by molar-refractivity contribution is 7.92. The number of alkyl halides is 3. The third kappa shape index (κ3) is 6.11. The van der Waals surface area contributed by atoms with Crippen molar-refractivity contribution in [2.24, 2.45) is 0 Å². The minimum atomic E-state index is -4.84. The van der Waals surface area contributed by atoms with Crippen LogP contribution in [0, 0.1) is 5.82 Å². The lowest BCUT2D eigenvalue weighted by Crippen LogP contribution is -2.48. The lowest BCUT2D eigenvalue weighted by molar-refractivity contribution is -0.242. The van der Waals surface area contributed by atoms with E-state index in [0.29, 0.717) is 13.8 Å². The molecule has 0 fully saturated rings. The van der Waals surface area contributed by atoms with E-state index in [9.17, 15) is 35.6 Å². The summed E-state index contributed by atoms with van der Waals surface area (Å²) in [6, 6.07) is 9.07. The zero-order valence-electron chi connectivity index (χ0n) is 20.9. The molecule has 0 aliphatic carbocycles. The van der Waals surface area contributed by atoms with Gasteiger partial charge >= 0.3 is 12.3 Å². The number of nitrogens with zero attached hydrogens (tertiary/aromatic N) is 2. The van der Waals surface area contributed by atoms with Crippen LogP contribution in [-0.2, 0) is 14.8 Å². The van der Waals surface area contributed by atoms with Crippen molar-refractivity contribution < 1.29 is 49.6 Å². The average molecular weight is 587 g/mol. The highest BCUT2D eigenvalue weighted by Gasteiger charge is 2.51. The lowest BCUT2D eigenvalue weighted by atomic mass is 10.1. The number of amides is 2. The fourth-order valence-electron chi connectivity index (χ4n) is 3.52. The van der Waals surface area contributed by atoms with Gasteiger partial charge in [0.15, 0.2) is 0 Å². The van der Waals surface area contributed by atoms with Crippen molar-refractivity contribution in [3.05, 3.63) is 66.3 Å². The number of rotatable bonds is 7. The predicted octanol–water partition coefficient (Wildman–Crippen LogP) is 4.09. The molecule has 11 nitrogen and oxygen atoms in total. The number of hydrogen-bond acceptors (Lipinski definition) is 8. The van der Waals surface area contributed by atoms with Crippen molar-refractivity contribution in [1.29, 1.82) is 0 Å². The SMILES string of the molecule is CC(C)(OC(=O)Nc1ccc2c(c1)N(S(=O)(=O)c1ccc(F)cc1)C[C@H](CNC(=O)c1ccno1)O2)C(F)(F)F. The van der Waals surface area contributed by atoms with Crippen LogP contribution < -0.4 is 19.7 Å². The standard InChI is InChI=1S/C24H22F4N4O7S/c1-23(2,24(26,27)28)38-22(34)31-15-5-8-19-18(11-15)32(40(35,36)17-6-3-14(25)4-7-17)13-16(37-19)12-29-21(33)20-9-10-30-39-20/h3-11,16H,12-13H2,1-2H3,(H,29,33)(H,31,34)/t16-/m0/s1. The van der Waals surface area contributed by atoms with Crippen molar-refractivity contribution >= 4 is 33.4 Å². The van der Waals surface area contributed by atoms with Gasteiger partial charge in [-0.2, -0.15) is 13.2 Å². The summed E-state index contributed by atoms with van der Waals surface area (Å²) in [5.41, 5.74) is -2.97. The molecule has 0 bridgehead atoms. The smallest absolute Gasteiger partial charge is 0.427 e. The molecule has 4 rings (SSSR count). The number of ether oxygens (including phenoxy) is 2. The van der Waals surface area contributed by atoms with Crippen LogP contribution in [0.15, 0.2) is 64.1 Å². The minimum absolute atomic E-state index is 0.0189. The fourth-order valence-corrected chi connectivity index (χ4v) is 5.02. The van der Waals surface area contributed by atoms with Crippen LogP contribution in [0.25, 0.3) is 0 Å². The Morgan fingerprint density at radius 3 is 2.45 bits per heavy atom. The van der Waals surface area contributed by atoms with Crippen molar-refractivity contribution in [1.82, 2.24) is 10.5 Å². The zero-order chi connectivity index (χ0) is 29.3. The Bertz CT molecular complexity index is 1490. The van der Waals surface area contributed by atoms with Crippen LogP contribution in [0.1, 0.15) is 24.4 Å². The Hall–Kier alpha value is -4.34. The van der Waals surface area contributed by atoms with Gasteiger partial charge in [0.05, 0.1) is 29.9 Å². The molecule has 0 unspecified atom stereocenters. The molecule has 1 aliphatic rings. The van der Waals surface area contributed by atoms with Crippen molar-refractivity contribution in [2.45, 2.75) is 36.6 Å². The van der Waals surface area contributed by atoms with Crippen LogP contribution >= 0.6 is 0 Å². The first-order valence-electron chi connectivity index (χ1n) is 11.5. The van der Waals surface area contributed by atoms with E-state index in [1.165, 1.54) is 30.5 Å². The van der Waals surface area contributed by atoms with Gasteiger partial charge in [-0.1, -0.05) is 5.16 Å². The molecule has 214 valence electrons. The Kier molecular flexibility index (Phi) is 7.65. The topological polar surface area (TPSA) is 140 Å².